The van der Waals surface area contributed by atoms with Gasteiger partial charge < -0.3 is 9.64 Å². The van der Waals surface area contributed by atoms with Gasteiger partial charge in [0.15, 0.2) is 5.11 Å². The summed E-state index contributed by atoms with van der Waals surface area (Å²) in [7, 11) is 1.57. The molecule has 1 aliphatic heterocycles. The lowest BCUT2D eigenvalue weighted by atomic mass is 10.0. The maximum atomic E-state index is 14.0. The number of carbonyl (C=O) groups is 1. The van der Waals surface area contributed by atoms with E-state index in [2.05, 4.69) is 0 Å². The van der Waals surface area contributed by atoms with Crippen LogP contribution in [0.3, 0.4) is 0 Å². The number of halogens is 1. The van der Waals surface area contributed by atoms with Gasteiger partial charge in [0.05, 0.1) is 18.4 Å². The summed E-state index contributed by atoms with van der Waals surface area (Å²) in [5.74, 6) is -0.280. The molecule has 5 nitrogen and oxygen atoms in total. The first-order valence-corrected chi connectivity index (χ1v) is 8.24. The van der Waals surface area contributed by atoms with Crippen molar-refractivity contribution in [3.63, 3.8) is 0 Å². The van der Waals surface area contributed by atoms with Crippen molar-refractivity contribution in [2.24, 2.45) is 0 Å². The van der Waals surface area contributed by atoms with Gasteiger partial charge >= 0.3 is 0 Å². The van der Waals surface area contributed by atoms with Gasteiger partial charge in [0.25, 0.3) is 5.91 Å². The molecule has 1 aliphatic rings. The molecule has 1 saturated heterocycles. The van der Waals surface area contributed by atoms with E-state index in [9.17, 15) is 9.18 Å². The molecule has 0 aliphatic carbocycles. The van der Waals surface area contributed by atoms with Crippen molar-refractivity contribution in [1.82, 2.24) is 0 Å². The van der Waals surface area contributed by atoms with Gasteiger partial charge in [-0.05, 0) is 68.5 Å². The summed E-state index contributed by atoms with van der Waals surface area (Å²) in [6, 6.07) is 12.9. The summed E-state index contributed by atoms with van der Waals surface area (Å²) in [5, 5.41) is 9.13. The molecule has 0 aromatic heterocycles. The van der Waals surface area contributed by atoms with Gasteiger partial charge in [-0.25, -0.2) is 4.39 Å². The van der Waals surface area contributed by atoms with Gasteiger partial charge in [-0.15, -0.1) is 0 Å². The number of nitrogens with zero attached hydrogens (tertiary/aromatic N) is 3. The summed E-state index contributed by atoms with van der Waals surface area (Å²) in [6.07, 6.45) is 0. The van der Waals surface area contributed by atoms with Crippen LogP contribution >= 0.6 is 12.2 Å². The first-order chi connectivity index (χ1) is 12.3. The second kappa shape index (κ2) is 6.39. The van der Waals surface area contributed by atoms with Crippen LogP contribution in [0, 0.1) is 17.1 Å². The first-order valence-electron chi connectivity index (χ1n) is 7.83. The van der Waals surface area contributed by atoms with E-state index in [4.69, 9.17) is 22.2 Å². The maximum absolute atomic E-state index is 14.0. The number of ether oxygens (including phenoxy) is 1. The second-order valence-electron chi connectivity index (χ2n) is 6.29. The van der Waals surface area contributed by atoms with Gasteiger partial charge in [0, 0.05) is 5.69 Å². The molecule has 0 spiro atoms. The van der Waals surface area contributed by atoms with Gasteiger partial charge in [0.1, 0.15) is 23.2 Å². The Balaban J connectivity index is 2.04. The summed E-state index contributed by atoms with van der Waals surface area (Å²) in [6.45, 7) is 3.51. The van der Waals surface area contributed by atoms with Crippen molar-refractivity contribution in [3.05, 3.63) is 53.8 Å². The van der Waals surface area contributed by atoms with Crippen LogP contribution in [-0.2, 0) is 4.79 Å². The van der Waals surface area contributed by atoms with E-state index in [0.29, 0.717) is 11.4 Å². The van der Waals surface area contributed by atoms with Gasteiger partial charge in [-0.2, -0.15) is 5.26 Å². The van der Waals surface area contributed by atoms with Crippen LogP contribution in [0.1, 0.15) is 19.4 Å². The molecule has 7 heteroatoms. The summed E-state index contributed by atoms with van der Waals surface area (Å²) in [4.78, 5) is 16.0. The number of hydrogen-bond acceptors (Lipinski definition) is 4. The SMILES string of the molecule is COc1ccc(N2C(=S)N(c3ccc(C#N)c(F)c3)C(=O)C2(C)C)cc1. The number of benzene rings is 2. The zero-order chi connectivity index (χ0) is 19.1. The average Bonchev–Trinajstić information content (AvgIpc) is 2.80. The zero-order valence-electron chi connectivity index (χ0n) is 14.5. The van der Waals surface area contributed by atoms with Crippen LogP contribution in [-0.4, -0.2) is 23.7 Å². The Morgan fingerprint density at radius 1 is 1.15 bits per heavy atom. The lowest BCUT2D eigenvalue weighted by Crippen LogP contribution is -2.44. The summed E-state index contributed by atoms with van der Waals surface area (Å²) < 4.78 is 19.2. The predicted octanol–water partition coefficient (Wildman–Crippen LogP) is 3.62. The van der Waals surface area contributed by atoms with E-state index in [-0.39, 0.29) is 16.6 Å². The molecule has 2 aromatic carbocycles. The van der Waals surface area contributed by atoms with Gasteiger partial charge in [-0.3, -0.25) is 9.69 Å². The average molecular weight is 369 g/mol. The fourth-order valence-electron chi connectivity index (χ4n) is 2.92. The molecule has 0 N–H and O–H groups in total. The first kappa shape index (κ1) is 17.8. The molecule has 3 rings (SSSR count). The predicted molar refractivity (Wildman–Crippen MR) is 101 cm³/mol. The smallest absolute Gasteiger partial charge is 0.259 e. The van der Waals surface area contributed by atoms with Crippen LogP contribution in [0.5, 0.6) is 5.75 Å². The molecule has 0 atom stereocenters. The lowest BCUT2D eigenvalue weighted by Gasteiger charge is -2.29. The van der Waals surface area contributed by atoms with Crippen molar-refractivity contribution in [1.29, 1.82) is 5.26 Å². The minimum atomic E-state index is -0.948. The monoisotopic (exact) mass is 369 g/mol. The number of thiocarbonyl (C=S) groups is 1. The Hall–Kier alpha value is -2.98. The fourth-order valence-corrected chi connectivity index (χ4v) is 3.44. The maximum Gasteiger partial charge on any atom is 0.259 e. The van der Waals surface area contributed by atoms with Crippen LogP contribution in [0.2, 0.25) is 0 Å². The molecule has 0 unspecified atom stereocenters. The van der Waals surface area contributed by atoms with Crippen molar-refractivity contribution in [2.75, 3.05) is 16.9 Å². The van der Waals surface area contributed by atoms with E-state index in [1.807, 2.05) is 12.1 Å². The standard InChI is InChI=1S/C19H16FN3O2S/c1-19(2)17(24)22(14-5-4-12(11-21)16(20)10-14)18(26)23(19)13-6-8-15(25-3)9-7-13/h4-10H,1-3H3. The molecule has 0 radical (unpaired) electrons. The largest absolute Gasteiger partial charge is 0.497 e. The van der Waals surface area contributed by atoms with Crippen LogP contribution in [0.25, 0.3) is 0 Å². The fraction of sp³-hybridized carbons (Fsp3) is 0.211. The second-order valence-corrected chi connectivity index (χ2v) is 6.66. The lowest BCUT2D eigenvalue weighted by molar-refractivity contribution is -0.120. The molecule has 0 bridgehead atoms. The third-order valence-corrected chi connectivity index (χ3v) is 4.70. The summed E-state index contributed by atoms with van der Waals surface area (Å²) >= 11 is 5.53. The number of hydrogen-bond donors (Lipinski definition) is 0. The van der Waals surface area contributed by atoms with E-state index in [0.717, 1.165) is 11.8 Å². The molecule has 1 fully saturated rings. The van der Waals surface area contributed by atoms with Crippen LogP contribution in [0.15, 0.2) is 42.5 Å². The zero-order valence-corrected chi connectivity index (χ0v) is 15.3. The Bertz CT molecular complexity index is 935. The van der Waals surface area contributed by atoms with Crippen LogP contribution < -0.4 is 14.5 Å². The van der Waals surface area contributed by atoms with Crippen molar-refractivity contribution >= 4 is 34.6 Å². The normalized spacial score (nSPS) is 16.0. The molecule has 2 aromatic rings. The Morgan fingerprint density at radius 3 is 2.31 bits per heavy atom. The van der Waals surface area contributed by atoms with Crippen molar-refractivity contribution in [2.45, 2.75) is 19.4 Å². The Labute approximate surface area is 156 Å². The molecule has 26 heavy (non-hydrogen) atoms. The minimum Gasteiger partial charge on any atom is -0.497 e. The third-order valence-electron chi connectivity index (χ3n) is 4.33. The third kappa shape index (κ3) is 2.68. The van der Waals surface area contributed by atoms with E-state index < -0.39 is 11.4 Å². The molecular weight excluding hydrogens is 353 g/mol. The number of methoxy groups -OCH3 is 1. The van der Waals surface area contributed by atoms with Crippen LogP contribution in [0.4, 0.5) is 15.8 Å². The number of rotatable bonds is 3. The minimum absolute atomic E-state index is 0.0856. The summed E-state index contributed by atoms with van der Waals surface area (Å²) in [5.41, 5.74) is -0.0142. The highest BCUT2D eigenvalue weighted by Gasteiger charge is 2.50. The molecule has 0 saturated carbocycles. The highest BCUT2D eigenvalue weighted by molar-refractivity contribution is 7.81. The van der Waals surface area contributed by atoms with E-state index in [1.165, 1.54) is 17.0 Å². The quantitative estimate of drug-likeness (QED) is 0.774. The van der Waals surface area contributed by atoms with Gasteiger partial charge in [-0.1, -0.05) is 0 Å². The number of nitriles is 1. The topological polar surface area (TPSA) is 56.6 Å². The van der Waals surface area contributed by atoms with E-state index >= 15 is 0 Å². The Morgan fingerprint density at radius 2 is 1.77 bits per heavy atom. The van der Waals surface area contributed by atoms with Crippen molar-refractivity contribution < 1.29 is 13.9 Å². The number of anilines is 2. The molecular formula is C19H16FN3O2S. The molecule has 1 heterocycles. The number of amides is 1. The highest BCUT2D eigenvalue weighted by atomic mass is 32.1. The molecule has 132 valence electrons. The van der Waals surface area contributed by atoms with Gasteiger partial charge in [0.2, 0.25) is 0 Å². The molecule has 1 amide bonds. The Kier molecular flexibility index (Phi) is 4.38. The highest BCUT2D eigenvalue weighted by Crippen LogP contribution is 2.37. The number of carbonyl (C=O) groups excluding carboxylic acids is 1. The van der Waals surface area contributed by atoms with Crippen molar-refractivity contribution in [3.8, 4) is 11.8 Å². The van der Waals surface area contributed by atoms with E-state index in [1.54, 1.807) is 44.1 Å².